The van der Waals surface area contributed by atoms with Gasteiger partial charge in [0.05, 0.1) is 6.04 Å². The Kier molecular flexibility index (Phi) is 3.74. The van der Waals surface area contributed by atoms with Gasteiger partial charge in [-0.1, -0.05) is 51.1 Å². The van der Waals surface area contributed by atoms with Crippen molar-refractivity contribution >= 4 is 11.7 Å². The lowest BCUT2D eigenvalue weighted by molar-refractivity contribution is -0.131. The van der Waals surface area contributed by atoms with E-state index in [0.717, 1.165) is 12.8 Å². The zero-order valence-corrected chi connectivity index (χ0v) is 11.8. The summed E-state index contributed by atoms with van der Waals surface area (Å²) in [5, 5.41) is 2.88. The van der Waals surface area contributed by atoms with E-state index in [9.17, 15) is 9.59 Å². The van der Waals surface area contributed by atoms with Crippen LogP contribution in [0.4, 0.5) is 0 Å². The number of rotatable bonds is 2. The van der Waals surface area contributed by atoms with Gasteiger partial charge in [0, 0.05) is 11.5 Å². The van der Waals surface area contributed by atoms with Crippen molar-refractivity contribution in [1.29, 1.82) is 0 Å². The molecule has 1 N–H and O–H groups in total. The Balaban J connectivity index is 2.07. The lowest BCUT2D eigenvalue weighted by atomic mass is 9.74. The van der Waals surface area contributed by atoms with E-state index in [0.29, 0.717) is 5.56 Å². The molecule has 1 fully saturated rings. The molecule has 1 heterocycles. The first-order valence-corrected chi connectivity index (χ1v) is 6.79. The summed E-state index contributed by atoms with van der Waals surface area (Å²) in [5.41, 5.74) is 0.618. The highest BCUT2D eigenvalue weighted by Crippen LogP contribution is 2.33. The minimum absolute atomic E-state index is 0.00711. The van der Waals surface area contributed by atoms with E-state index in [2.05, 4.69) is 26.1 Å². The molecule has 0 aliphatic carbocycles. The van der Waals surface area contributed by atoms with Gasteiger partial charge < -0.3 is 5.32 Å². The maximum atomic E-state index is 12.3. The van der Waals surface area contributed by atoms with Gasteiger partial charge in [-0.15, -0.1) is 0 Å². The van der Waals surface area contributed by atoms with Crippen molar-refractivity contribution in [2.45, 2.75) is 39.7 Å². The summed E-state index contributed by atoms with van der Waals surface area (Å²) in [5.74, 6) is 0.0154. The predicted molar refractivity (Wildman–Crippen MR) is 74.9 cm³/mol. The van der Waals surface area contributed by atoms with Gasteiger partial charge in [-0.3, -0.25) is 9.59 Å². The topological polar surface area (TPSA) is 46.2 Å². The first-order valence-electron chi connectivity index (χ1n) is 6.79. The standard InChI is InChI=1S/C16H21NO2/c1-16(2,3)12-9-10-13(17-15(12)19)14(18)11-7-5-4-6-8-11/h4-8,12-13H,9-10H2,1-3H3,(H,17,19). The van der Waals surface area contributed by atoms with E-state index < -0.39 is 0 Å². The zero-order valence-electron chi connectivity index (χ0n) is 11.8. The molecule has 2 rings (SSSR count). The molecule has 2 unspecified atom stereocenters. The molecule has 0 spiro atoms. The van der Waals surface area contributed by atoms with E-state index in [1.165, 1.54) is 0 Å². The fraction of sp³-hybridized carbons (Fsp3) is 0.500. The van der Waals surface area contributed by atoms with Crippen LogP contribution >= 0.6 is 0 Å². The van der Waals surface area contributed by atoms with Crippen molar-refractivity contribution in [2.24, 2.45) is 11.3 Å². The van der Waals surface area contributed by atoms with Crippen LogP contribution in [-0.2, 0) is 4.79 Å². The molecule has 1 saturated heterocycles. The number of carbonyl (C=O) groups is 2. The Hall–Kier alpha value is -1.64. The lowest BCUT2D eigenvalue weighted by Gasteiger charge is -2.35. The highest BCUT2D eigenvalue weighted by atomic mass is 16.2. The van der Waals surface area contributed by atoms with Crippen LogP contribution in [0.5, 0.6) is 0 Å². The number of ketones is 1. The normalized spacial score (nSPS) is 23.8. The van der Waals surface area contributed by atoms with Gasteiger partial charge >= 0.3 is 0 Å². The summed E-state index contributed by atoms with van der Waals surface area (Å²) in [6.45, 7) is 6.20. The van der Waals surface area contributed by atoms with Gasteiger partial charge in [0.15, 0.2) is 5.78 Å². The molecule has 2 atom stereocenters. The summed E-state index contributed by atoms with van der Waals surface area (Å²) in [6.07, 6.45) is 1.50. The molecule has 102 valence electrons. The maximum Gasteiger partial charge on any atom is 0.224 e. The minimum Gasteiger partial charge on any atom is -0.346 e. The van der Waals surface area contributed by atoms with Crippen molar-refractivity contribution in [2.75, 3.05) is 0 Å². The number of amides is 1. The van der Waals surface area contributed by atoms with Crippen molar-refractivity contribution < 1.29 is 9.59 Å². The van der Waals surface area contributed by atoms with E-state index >= 15 is 0 Å². The quantitative estimate of drug-likeness (QED) is 0.830. The molecule has 3 heteroatoms. The third-order valence-corrected chi connectivity index (χ3v) is 3.80. The van der Waals surface area contributed by atoms with Gasteiger partial charge in [0.2, 0.25) is 5.91 Å². The van der Waals surface area contributed by atoms with Crippen molar-refractivity contribution in [1.82, 2.24) is 5.32 Å². The third-order valence-electron chi connectivity index (χ3n) is 3.80. The van der Waals surface area contributed by atoms with Crippen molar-refractivity contribution in [3.8, 4) is 0 Å². The fourth-order valence-corrected chi connectivity index (χ4v) is 2.64. The molecule has 0 bridgehead atoms. The highest BCUT2D eigenvalue weighted by Gasteiger charge is 2.38. The second kappa shape index (κ2) is 5.16. The monoisotopic (exact) mass is 259 g/mol. The van der Waals surface area contributed by atoms with Gasteiger partial charge in [-0.05, 0) is 18.3 Å². The zero-order chi connectivity index (χ0) is 14.0. The van der Waals surface area contributed by atoms with E-state index in [1.54, 1.807) is 12.1 Å². The lowest BCUT2D eigenvalue weighted by Crippen LogP contribution is -2.51. The molecule has 1 aliphatic heterocycles. The van der Waals surface area contributed by atoms with Gasteiger partial charge in [-0.25, -0.2) is 0 Å². The van der Waals surface area contributed by atoms with Crippen LogP contribution in [0.25, 0.3) is 0 Å². The van der Waals surface area contributed by atoms with Crippen molar-refractivity contribution in [3.63, 3.8) is 0 Å². The fourth-order valence-electron chi connectivity index (χ4n) is 2.64. The number of benzene rings is 1. The first-order chi connectivity index (χ1) is 8.89. The van der Waals surface area contributed by atoms with Crippen LogP contribution in [-0.4, -0.2) is 17.7 Å². The molecule has 1 amide bonds. The largest absolute Gasteiger partial charge is 0.346 e. The molecular weight excluding hydrogens is 238 g/mol. The van der Waals surface area contributed by atoms with Gasteiger partial charge in [0.25, 0.3) is 0 Å². The summed E-state index contributed by atoms with van der Waals surface area (Å²) in [4.78, 5) is 24.4. The molecular formula is C16H21NO2. The third kappa shape index (κ3) is 3.03. The van der Waals surface area contributed by atoms with Gasteiger partial charge in [-0.2, -0.15) is 0 Å². The predicted octanol–water partition coefficient (Wildman–Crippen LogP) is 2.81. The molecule has 3 nitrogen and oxygen atoms in total. The molecule has 1 aromatic rings. The maximum absolute atomic E-state index is 12.3. The number of hydrogen-bond donors (Lipinski definition) is 1. The average Bonchev–Trinajstić information content (AvgIpc) is 2.37. The van der Waals surface area contributed by atoms with Crippen molar-refractivity contribution in [3.05, 3.63) is 35.9 Å². The van der Waals surface area contributed by atoms with E-state index in [1.807, 2.05) is 18.2 Å². The Bertz CT molecular complexity index is 473. The molecule has 1 aromatic carbocycles. The Morgan fingerprint density at radius 1 is 1.16 bits per heavy atom. The summed E-state index contributed by atoms with van der Waals surface area (Å²) < 4.78 is 0. The molecule has 0 radical (unpaired) electrons. The summed E-state index contributed by atoms with van der Waals surface area (Å²) in [7, 11) is 0. The average molecular weight is 259 g/mol. The summed E-state index contributed by atoms with van der Waals surface area (Å²) in [6, 6.07) is 8.79. The Morgan fingerprint density at radius 3 is 2.32 bits per heavy atom. The van der Waals surface area contributed by atoms with Crippen LogP contribution in [0.2, 0.25) is 0 Å². The summed E-state index contributed by atoms with van der Waals surface area (Å²) >= 11 is 0. The van der Waals surface area contributed by atoms with E-state index in [4.69, 9.17) is 0 Å². The Labute approximate surface area is 114 Å². The molecule has 0 saturated carbocycles. The second-order valence-electron chi connectivity index (χ2n) is 6.29. The van der Waals surface area contributed by atoms with Crippen LogP contribution in [0.3, 0.4) is 0 Å². The smallest absolute Gasteiger partial charge is 0.224 e. The first kappa shape index (κ1) is 13.8. The molecule has 19 heavy (non-hydrogen) atoms. The minimum atomic E-state index is -0.367. The van der Waals surface area contributed by atoms with Crippen LogP contribution < -0.4 is 5.32 Å². The van der Waals surface area contributed by atoms with Crippen LogP contribution in [0.1, 0.15) is 44.0 Å². The number of hydrogen-bond acceptors (Lipinski definition) is 2. The number of carbonyl (C=O) groups excluding carboxylic acids is 2. The molecule has 0 aromatic heterocycles. The molecule has 1 aliphatic rings. The highest BCUT2D eigenvalue weighted by molar-refractivity contribution is 6.02. The number of Topliss-reactive ketones (excluding diaryl/α,β-unsaturated/α-hetero) is 1. The van der Waals surface area contributed by atoms with Crippen LogP contribution in [0, 0.1) is 11.3 Å². The number of nitrogens with one attached hydrogen (secondary N) is 1. The van der Waals surface area contributed by atoms with E-state index in [-0.39, 0.29) is 29.1 Å². The van der Waals surface area contributed by atoms with Gasteiger partial charge in [0.1, 0.15) is 0 Å². The second-order valence-corrected chi connectivity index (χ2v) is 6.29. The SMILES string of the molecule is CC(C)(C)C1CCC(C(=O)c2ccccc2)NC1=O. The Morgan fingerprint density at radius 2 is 1.79 bits per heavy atom. The van der Waals surface area contributed by atoms with Crippen LogP contribution in [0.15, 0.2) is 30.3 Å². The number of piperidine rings is 1.